The van der Waals surface area contributed by atoms with Crippen LogP contribution >= 0.6 is 0 Å². The lowest BCUT2D eigenvalue weighted by Gasteiger charge is -2.43. The third-order valence-corrected chi connectivity index (χ3v) is 6.76. The Morgan fingerprint density at radius 1 is 0.600 bits per heavy atom. The summed E-state index contributed by atoms with van der Waals surface area (Å²) in [6.07, 6.45) is -3.57. The van der Waals surface area contributed by atoms with Crippen molar-refractivity contribution < 1.29 is 24.1 Å². The standard InChI is InChI=1S/C35H34O5/c36-33-31(22-21-27-13-5-1-6-14-27)40-32(26-37-23-28-15-7-2-8-16-28)34(38-24-29-17-9-3-10-18-29)35(33)39-25-30-19-11-4-12-20-30/h1-20,31-36H,23-26H2/t31-,32-,33+,34-,35-/m1/s1. The predicted molar refractivity (Wildman–Crippen MR) is 154 cm³/mol. The van der Waals surface area contributed by atoms with Crippen LogP contribution in [0.25, 0.3) is 0 Å². The lowest BCUT2D eigenvalue weighted by molar-refractivity contribution is -0.249. The molecule has 5 heteroatoms. The maximum Gasteiger partial charge on any atom is 0.147 e. The summed E-state index contributed by atoms with van der Waals surface area (Å²) < 4.78 is 25.3. The molecule has 0 bridgehead atoms. The number of hydrogen-bond acceptors (Lipinski definition) is 5. The van der Waals surface area contributed by atoms with Gasteiger partial charge in [-0.3, -0.25) is 0 Å². The molecule has 1 N–H and O–H groups in total. The topological polar surface area (TPSA) is 57.2 Å². The summed E-state index contributed by atoms with van der Waals surface area (Å²) in [5.74, 6) is 6.28. The zero-order valence-electron chi connectivity index (χ0n) is 22.3. The molecule has 1 aliphatic rings. The van der Waals surface area contributed by atoms with Gasteiger partial charge >= 0.3 is 0 Å². The molecule has 0 aliphatic carbocycles. The highest BCUT2D eigenvalue weighted by Crippen LogP contribution is 2.28. The summed E-state index contributed by atoms with van der Waals surface area (Å²) >= 11 is 0. The average molecular weight is 535 g/mol. The summed E-state index contributed by atoms with van der Waals surface area (Å²) in [6, 6.07) is 39.5. The Bertz CT molecular complexity index is 1340. The summed E-state index contributed by atoms with van der Waals surface area (Å²) in [6.45, 7) is 1.37. The van der Waals surface area contributed by atoms with Crippen LogP contribution in [0.15, 0.2) is 121 Å². The Morgan fingerprint density at radius 3 is 1.62 bits per heavy atom. The van der Waals surface area contributed by atoms with Crippen molar-refractivity contribution in [1.29, 1.82) is 0 Å². The largest absolute Gasteiger partial charge is 0.387 e. The van der Waals surface area contributed by atoms with Crippen molar-refractivity contribution in [2.45, 2.75) is 50.3 Å². The van der Waals surface area contributed by atoms with Crippen molar-refractivity contribution in [3.05, 3.63) is 144 Å². The van der Waals surface area contributed by atoms with Gasteiger partial charge in [0.2, 0.25) is 0 Å². The maximum atomic E-state index is 11.5. The van der Waals surface area contributed by atoms with Crippen molar-refractivity contribution in [1.82, 2.24) is 0 Å². The number of aliphatic hydroxyl groups excluding tert-OH is 1. The van der Waals surface area contributed by atoms with E-state index >= 15 is 0 Å². The summed E-state index contributed by atoms with van der Waals surface area (Å²) in [7, 11) is 0. The molecule has 5 rings (SSSR count). The molecule has 0 amide bonds. The van der Waals surface area contributed by atoms with E-state index in [2.05, 4.69) is 11.8 Å². The smallest absolute Gasteiger partial charge is 0.147 e. The molecule has 1 heterocycles. The van der Waals surface area contributed by atoms with Gasteiger partial charge in [-0.25, -0.2) is 0 Å². The Morgan fingerprint density at radius 2 is 1.07 bits per heavy atom. The number of ether oxygens (including phenoxy) is 4. The van der Waals surface area contributed by atoms with Crippen LogP contribution in [0.3, 0.4) is 0 Å². The van der Waals surface area contributed by atoms with Gasteiger partial charge in [-0.1, -0.05) is 121 Å². The molecule has 40 heavy (non-hydrogen) atoms. The Balaban J connectivity index is 1.38. The van der Waals surface area contributed by atoms with Gasteiger partial charge in [0.15, 0.2) is 0 Å². The monoisotopic (exact) mass is 534 g/mol. The number of hydrogen-bond donors (Lipinski definition) is 1. The minimum atomic E-state index is -1.02. The molecule has 0 radical (unpaired) electrons. The first-order valence-electron chi connectivity index (χ1n) is 13.6. The Kier molecular flexibility index (Phi) is 10.1. The van der Waals surface area contributed by atoms with Crippen molar-refractivity contribution in [3.8, 4) is 11.8 Å². The number of aliphatic hydroxyl groups is 1. The first-order valence-corrected chi connectivity index (χ1v) is 13.6. The lowest BCUT2D eigenvalue weighted by atomic mass is 9.94. The SMILES string of the molecule is O[C@@H]1[C@@H](OCc2ccccc2)[C@H](OCc2ccccc2)[C@@H](COCc2ccccc2)O[C@@H]1C#Cc1ccccc1. The van der Waals surface area contributed by atoms with Crippen molar-refractivity contribution in [2.75, 3.05) is 6.61 Å². The van der Waals surface area contributed by atoms with E-state index in [1.54, 1.807) is 0 Å². The second-order valence-electron chi connectivity index (χ2n) is 9.74. The Hall–Kier alpha value is -3.76. The first kappa shape index (κ1) is 27.8. The van der Waals surface area contributed by atoms with Crippen molar-refractivity contribution in [2.24, 2.45) is 0 Å². The van der Waals surface area contributed by atoms with E-state index in [-0.39, 0.29) is 6.61 Å². The van der Waals surface area contributed by atoms with Crippen LogP contribution < -0.4 is 0 Å². The molecular formula is C35H34O5. The van der Waals surface area contributed by atoms with Crippen molar-refractivity contribution >= 4 is 0 Å². The van der Waals surface area contributed by atoms with Gasteiger partial charge in [0.25, 0.3) is 0 Å². The van der Waals surface area contributed by atoms with Crippen molar-refractivity contribution in [3.63, 3.8) is 0 Å². The minimum Gasteiger partial charge on any atom is -0.387 e. The van der Waals surface area contributed by atoms with E-state index in [1.807, 2.05) is 121 Å². The van der Waals surface area contributed by atoms with Crippen LogP contribution in [0, 0.1) is 11.8 Å². The van der Waals surface area contributed by atoms with Gasteiger partial charge in [-0.05, 0) is 28.8 Å². The fourth-order valence-electron chi connectivity index (χ4n) is 4.65. The molecule has 4 aromatic rings. The highest BCUT2D eigenvalue weighted by atomic mass is 16.6. The summed E-state index contributed by atoms with van der Waals surface area (Å²) in [5.41, 5.74) is 3.94. The lowest BCUT2D eigenvalue weighted by Crippen LogP contribution is -2.60. The molecule has 5 atom stereocenters. The third-order valence-electron chi connectivity index (χ3n) is 6.76. The zero-order chi connectivity index (χ0) is 27.4. The van der Waals surface area contributed by atoms with E-state index in [0.717, 1.165) is 22.3 Å². The fraction of sp³-hybridized carbons (Fsp3) is 0.257. The first-order chi connectivity index (χ1) is 19.8. The van der Waals surface area contributed by atoms with Crippen LogP contribution in [0.4, 0.5) is 0 Å². The normalized spacial score (nSPS) is 22.3. The molecular weight excluding hydrogens is 500 g/mol. The second kappa shape index (κ2) is 14.6. The second-order valence-corrected chi connectivity index (χ2v) is 9.74. The van der Waals surface area contributed by atoms with Crippen LogP contribution in [0.5, 0.6) is 0 Å². The van der Waals surface area contributed by atoms with E-state index in [1.165, 1.54) is 0 Å². The van der Waals surface area contributed by atoms with E-state index in [4.69, 9.17) is 18.9 Å². The summed E-state index contributed by atoms with van der Waals surface area (Å²) in [4.78, 5) is 0. The zero-order valence-corrected chi connectivity index (χ0v) is 22.3. The van der Waals surface area contributed by atoms with Crippen LogP contribution in [-0.2, 0) is 38.8 Å². The van der Waals surface area contributed by atoms with E-state index < -0.39 is 30.5 Å². The highest BCUT2D eigenvalue weighted by molar-refractivity contribution is 5.35. The molecule has 5 nitrogen and oxygen atoms in total. The molecule has 0 spiro atoms. The Labute approximate surface area is 236 Å². The minimum absolute atomic E-state index is 0.260. The number of rotatable bonds is 10. The van der Waals surface area contributed by atoms with Gasteiger partial charge in [-0.2, -0.15) is 0 Å². The average Bonchev–Trinajstić information content (AvgIpc) is 3.01. The van der Waals surface area contributed by atoms with E-state index in [9.17, 15) is 5.11 Å². The molecule has 0 saturated carbocycles. The van der Waals surface area contributed by atoms with E-state index in [0.29, 0.717) is 19.8 Å². The molecule has 204 valence electrons. The predicted octanol–water partition coefficient (Wildman–Crippen LogP) is 5.55. The van der Waals surface area contributed by atoms with Gasteiger partial charge in [0.1, 0.15) is 30.5 Å². The summed E-state index contributed by atoms with van der Waals surface area (Å²) in [5, 5.41) is 11.5. The van der Waals surface area contributed by atoms with Gasteiger partial charge in [0, 0.05) is 5.56 Å². The molecule has 1 fully saturated rings. The van der Waals surface area contributed by atoms with Gasteiger partial charge < -0.3 is 24.1 Å². The third kappa shape index (κ3) is 7.89. The van der Waals surface area contributed by atoms with Crippen LogP contribution in [-0.4, -0.2) is 42.2 Å². The molecule has 4 aromatic carbocycles. The molecule has 0 unspecified atom stereocenters. The number of benzene rings is 4. The fourth-order valence-corrected chi connectivity index (χ4v) is 4.65. The maximum absolute atomic E-state index is 11.5. The quantitative estimate of drug-likeness (QED) is 0.270. The molecule has 0 aromatic heterocycles. The van der Waals surface area contributed by atoms with Crippen LogP contribution in [0.1, 0.15) is 22.3 Å². The molecule has 1 aliphatic heterocycles. The van der Waals surface area contributed by atoms with Gasteiger partial charge in [0.05, 0.1) is 26.4 Å². The van der Waals surface area contributed by atoms with Crippen LogP contribution in [0.2, 0.25) is 0 Å². The highest BCUT2D eigenvalue weighted by Gasteiger charge is 2.46. The molecule has 1 saturated heterocycles. The van der Waals surface area contributed by atoms with Gasteiger partial charge in [-0.15, -0.1) is 0 Å².